The smallest absolute Gasteiger partial charge is 0.246 e. The molecule has 1 heterocycles. The van der Waals surface area contributed by atoms with Crippen molar-refractivity contribution in [3.63, 3.8) is 0 Å². The number of sulfonamides is 1. The molecular formula is C12H16Br2N2O3S. The molecule has 1 saturated heterocycles. The minimum Gasteiger partial charge on any atom is -0.398 e. The summed E-state index contributed by atoms with van der Waals surface area (Å²) in [5.41, 5.74) is 5.61. The van der Waals surface area contributed by atoms with Gasteiger partial charge in [-0.3, -0.25) is 0 Å². The van der Waals surface area contributed by atoms with Crippen LogP contribution in [0.25, 0.3) is 0 Å². The summed E-state index contributed by atoms with van der Waals surface area (Å²) in [7, 11) is -3.65. The van der Waals surface area contributed by atoms with Gasteiger partial charge in [0.1, 0.15) is 4.90 Å². The molecule has 0 unspecified atom stereocenters. The fraction of sp³-hybridized carbons (Fsp3) is 0.500. The molecule has 1 aromatic rings. The molecule has 2 N–H and O–H groups in total. The Hall–Kier alpha value is -0.150. The number of hydrogen-bond donors (Lipinski definition) is 1. The topological polar surface area (TPSA) is 72.6 Å². The second-order valence-corrected chi connectivity index (χ2v) is 8.90. The number of hydrogen-bond acceptors (Lipinski definition) is 4. The predicted octanol–water partition coefficient (Wildman–Crippen LogP) is 2.59. The van der Waals surface area contributed by atoms with E-state index in [0.29, 0.717) is 24.2 Å². The first-order valence-corrected chi connectivity index (χ1v) is 9.05. The molecule has 0 radical (unpaired) electrons. The van der Waals surface area contributed by atoms with Crippen molar-refractivity contribution in [1.82, 2.24) is 4.31 Å². The van der Waals surface area contributed by atoms with Gasteiger partial charge in [0.25, 0.3) is 0 Å². The van der Waals surface area contributed by atoms with E-state index in [2.05, 4.69) is 31.9 Å². The van der Waals surface area contributed by atoms with Crippen molar-refractivity contribution < 1.29 is 13.2 Å². The number of morpholine rings is 1. The van der Waals surface area contributed by atoms with Crippen LogP contribution in [-0.4, -0.2) is 38.0 Å². The minimum atomic E-state index is -3.65. The third-order valence-electron chi connectivity index (χ3n) is 3.03. The predicted molar refractivity (Wildman–Crippen MR) is 85.0 cm³/mol. The van der Waals surface area contributed by atoms with Crippen LogP contribution in [0.1, 0.15) is 13.8 Å². The van der Waals surface area contributed by atoms with Crippen LogP contribution in [0.2, 0.25) is 0 Å². The summed E-state index contributed by atoms with van der Waals surface area (Å²) in [6.45, 7) is 4.74. The zero-order valence-corrected chi connectivity index (χ0v) is 15.2. The number of ether oxygens (including phenoxy) is 1. The Balaban J connectivity index is 2.46. The van der Waals surface area contributed by atoms with Crippen molar-refractivity contribution in [1.29, 1.82) is 0 Å². The highest BCUT2D eigenvalue weighted by atomic mass is 79.9. The normalized spacial score (nSPS) is 20.0. The molecule has 0 aliphatic carbocycles. The Labute approximate surface area is 135 Å². The van der Waals surface area contributed by atoms with Crippen molar-refractivity contribution in [2.75, 3.05) is 25.4 Å². The first-order valence-electron chi connectivity index (χ1n) is 6.02. The molecular weight excluding hydrogens is 412 g/mol. The molecule has 1 aliphatic rings. The van der Waals surface area contributed by atoms with Gasteiger partial charge in [-0.1, -0.05) is 15.9 Å². The van der Waals surface area contributed by atoms with Crippen LogP contribution < -0.4 is 5.73 Å². The number of nitrogens with zero attached hydrogens (tertiary/aromatic N) is 1. The van der Waals surface area contributed by atoms with Crippen molar-refractivity contribution >= 4 is 47.6 Å². The van der Waals surface area contributed by atoms with Gasteiger partial charge in [0.2, 0.25) is 10.0 Å². The van der Waals surface area contributed by atoms with Crippen molar-refractivity contribution in [3.8, 4) is 0 Å². The SMILES string of the molecule is CC1(C)CN(S(=O)(=O)c2c(N)cc(Br)cc2Br)CCO1. The maximum atomic E-state index is 12.8. The van der Waals surface area contributed by atoms with Crippen LogP contribution in [0.4, 0.5) is 5.69 Å². The van der Waals surface area contributed by atoms with E-state index in [9.17, 15) is 8.42 Å². The molecule has 0 amide bonds. The molecule has 112 valence electrons. The zero-order valence-electron chi connectivity index (χ0n) is 11.2. The van der Waals surface area contributed by atoms with Crippen molar-refractivity contribution in [3.05, 3.63) is 21.1 Å². The van der Waals surface area contributed by atoms with Crippen LogP contribution in [0, 0.1) is 0 Å². The zero-order chi connectivity index (χ0) is 15.1. The summed E-state index contributed by atoms with van der Waals surface area (Å²) < 4.78 is 33.7. The molecule has 8 heteroatoms. The lowest BCUT2D eigenvalue weighted by Crippen LogP contribution is -2.50. The fourth-order valence-electron chi connectivity index (χ4n) is 2.16. The molecule has 1 aromatic carbocycles. The Morgan fingerprint density at radius 2 is 2.00 bits per heavy atom. The number of anilines is 1. The van der Waals surface area contributed by atoms with Gasteiger partial charge in [0.05, 0.1) is 17.9 Å². The summed E-state index contributed by atoms with van der Waals surface area (Å²) in [5.74, 6) is 0. The van der Waals surface area contributed by atoms with Crippen LogP contribution in [-0.2, 0) is 14.8 Å². The van der Waals surface area contributed by atoms with E-state index in [4.69, 9.17) is 10.5 Å². The summed E-state index contributed by atoms with van der Waals surface area (Å²) in [6, 6.07) is 3.26. The lowest BCUT2D eigenvalue weighted by Gasteiger charge is -2.37. The van der Waals surface area contributed by atoms with E-state index in [-0.39, 0.29) is 10.6 Å². The molecule has 0 atom stereocenters. The van der Waals surface area contributed by atoms with Crippen molar-refractivity contribution in [2.45, 2.75) is 24.3 Å². The molecule has 0 saturated carbocycles. The Morgan fingerprint density at radius 1 is 1.35 bits per heavy atom. The third-order valence-corrected chi connectivity index (χ3v) is 6.33. The highest BCUT2D eigenvalue weighted by Gasteiger charge is 2.36. The number of benzene rings is 1. The second kappa shape index (κ2) is 5.57. The van der Waals surface area contributed by atoms with Gasteiger partial charge in [-0.05, 0) is 41.9 Å². The molecule has 0 bridgehead atoms. The lowest BCUT2D eigenvalue weighted by atomic mass is 10.1. The monoisotopic (exact) mass is 426 g/mol. The first kappa shape index (κ1) is 16.2. The number of rotatable bonds is 2. The summed E-state index contributed by atoms with van der Waals surface area (Å²) in [5, 5.41) is 0. The van der Waals surface area contributed by atoms with Gasteiger partial charge in [0, 0.05) is 22.0 Å². The van der Waals surface area contributed by atoms with E-state index in [1.165, 1.54) is 4.31 Å². The maximum Gasteiger partial charge on any atom is 0.246 e. The van der Waals surface area contributed by atoms with E-state index >= 15 is 0 Å². The highest BCUT2D eigenvalue weighted by molar-refractivity contribution is 9.11. The van der Waals surface area contributed by atoms with Crippen LogP contribution >= 0.6 is 31.9 Å². The largest absolute Gasteiger partial charge is 0.398 e. The van der Waals surface area contributed by atoms with Crippen molar-refractivity contribution in [2.24, 2.45) is 0 Å². The average molecular weight is 428 g/mol. The van der Waals surface area contributed by atoms with E-state index < -0.39 is 15.6 Å². The van der Waals surface area contributed by atoms with Gasteiger partial charge in [-0.2, -0.15) is 4.31 Å². The number of nitrogens with two attached hydrogens (primary N) is 1. The molecule has 20 heavy (non-hydrogen) atoms. The Kier molecular flexibility index (Phi) is 4.52. The number of halogens is 2. The highest BCUT2D eigenvalue weighted by Crippen LogP contribution is 2.34. The maximum absolute atomic E-state index is 12.8. The van der Waals surface area contributed by atoms with Gasteiger partial charge >= 0.3 is 0 Å². The molecule has 0 aromatic heterocycles. The summed E-state index contributed by atoms with van der Waals surface area (Å²) in [4.78, 5) is 0.110. The molecule has 1 fully saturated rings. The molecule has 0 spiro atoms. The number of nitrogen functional groups attached to an aromatic ring is 1. The fourth-order valence-corrected chi connectivity index (χ4v) is 5.75. The average Bonchev–Trinajstić information content (AvgIpc) is 2.25. The molecule has 2 rings (SSSR count). The van der Waals surface area contributed by atoms with Crippen LogP contribution in [0.3, 0.4) is 0 Å². The Bertz CT molecular complexity index is 609. The van der Waals surface area contributed by atoms with Crippen LogP contribution in [0.5, 0.6) is 0 Å². The van der Waals surface area contributed by atoms with E-state index in [1.54, 1.807) is 12.1 Å². The van der Waals surface area contributed by atoms with Gasteiger partial charge in [-0.15, -0.1) is 0 Å². The van der Waals surface area contributed by atoms with Gasteiger partial charge < -0.3 is 10.5 Å². The quantitative estimate of drug-likeness (QED) is 0.736. The Morgan fingerprint density at radius 3 is 2.55 bits per heavy atom. The first-order chi connectivity index (χ1) is 9.13. The second-order valence-electron chi connectivity index (χ2n) is 5.25. The van der Waals surface area contributed by atoms with Gasteiger partial charge in [-0.25, -0.2) is 8.42 Å². The molecule has 5 nitrogen and oxygen atoms in total. The standard InChI is InChI=1S/C12H16Br2N2O3S/c1-12(2)7-16(3-4-19-12)20(17,18)11-9(14)5-8(13)6-10(11)15/h5-6H,3-4,7,15H2,1-2H3. The van der Waals surface area contributed by atoms with Gasteiger partial charge in [0.15, 0.2) is 0 Å². The van der Waals surface area contributed by atoms with E-state index in [0.717, 1.165) is 4.47 Å². The third kappa shape index (κ3) is 3.19. The molecule has 1 aliphatic heterocycles. The summed E-state index contributed by atoms with van der Waals surface area (Å²) >= 11 is 6.57. The lowest BCUT2D eigenvalue weighted by molar-refractivity contribution is -0.0640. The minimum absolute atomic E-state index is 0.110. The van der Waals surface area contributed by atoms with Crippen LogP contribution in [0.15, 0.2) is 26.0 Å². The summed E-state index contributed by atoms with van der Waals surface area (Å²) in [6.07, 6.45) is 0. The van der Waals surface area contributed by atoms with E-state index in [1.807, 2.05) is 13.8 Å².